The molecule has 0 aromatic heterocycles. The van der Waals surface area contributed by atoms with Gasteiger partial charge < -0.3 is 5.43 Å². The molecule has 2 aromatic carbocycles. The van der Waals surface area contributed by atoms with Crippen molar-refractivity contribution < 1.29 is 55.5 Å². The van der Waals surface area contributed by atoms with Gasteiger partial charge in [-0.05, 0) is 29.7 Å². The molecule has 0 unspecified atom stereocenters. The summed E-state index contributed by atoms with van der Waals surface area (Å²) in [6.07, 6.45) is 0. The Labute approximate surface area is 143 Å². The van der Waals surface area contributed by atoms with Crippen molar-refractivity contribution in [1.82, 2.24) is 0 Å². The third kappa shape index (κ3) is 3.93. The Hall–Kier alpha value is -0.720. The SMILES string of the molecule is NNc1ccc2cc(S(=O)(=O)O)cc(S(=O)(=O)O)c2c1.[Na+]. The second kappa shape index (κ2) is 6.18. The summed E-state index contributed by atoms with van der Waals surface area (Å²) in [5.74, 6) is 5.20. The number of nitrogens with two attached hydrogens (primary N) is 1. The van der Waals surface area contributed by atoms with Crippen LogP contribution in [0.2, 0.25) is 0 Å². The van der Waals surface area contributed by atoms with Gasteiger partial charge in [0.05, 0.1) is 4.90 Å². The molecule has 2 rings (SSSR count). The van der Waals surface area contributed by atoms with E-state index in [0.717, 1.165) is 6.07 Å². The first-order chi connectivity index (χ1) is 9.13. The van der Waals surface area contributed by atoms with Crippen molar-refractivity contribution in [2.75, 3.05) is 5.43 Å². The van der Waals surface area contributed by atoms with Crippen LogP contribution in [0.15, 0.2) is 40.1 Å². The zero-order valence-electron chi connectivity index (χ0n) is 10.8. The van der Waals surface area contributed by atoms with Crippen molar-refractivity contribution in [3.63, 3.8) is 0 Å². The Bertz CT molecular complexity index is 895. The van der Waals surface area contributed by atoms with Gasteiger partial charge in [-0.25, -0.2) is 0 Å². The Morgan fingerprint density at radius 2 is 1.57 bits per heavy atom. The Morgan fingerprint density at radius 1 is 0.952 bits per heavy atom. The molecule has 0 bridgehead atoms. The molecular weight excluding hydrogens is 331 g/mol. The Morgan fingerprint density at radius 3 is 2.05 bits per heavy atom. The van der Waals surface area contributed by atoms with Crippen LogP contribution in [0.3, 0.4) is 0 Å². The molecule has 0 aliphatic carbocycles. The number of anilines is 1. The van der Waals surface area contributed by atoms with Gasteiger partial charge in [-0.2, -0.15) is 16.8 Å². The monoisotopic (exact) mass is 341 g/mol. The van der Waals surface area contributed by atoms with Crippen LogP contribution in [0.5, 0.6) is 0 Å². The average molecular weight is 341 g/mol. The van der Waals surface area contributed by atoms with Gasteiger partial charge in [0.25, 0.3) is 20.2 Å². The van der Waals surface area contributed by atoms with E-state index in [1.807, 2.05) is 0 Å². The summed E-state index contributed by atoms with van der Waals surface area (Å²) in [6.45, 7) is 0. The van der Waals surface area contributed by atoms with Gasteiger partial charge in [0.2, 0.25) is 0 Å². The Kier molecular flexibility index (Phi) is 5.40. The molecule has 0 saturated heterocycles. The van der Waals surface area contributed by atoms with Gasteiger partial charge in [-0.3, -0.25) is 14.9 Å². The number of benzene rings is 2. The summed E-state index contributed by atoms with van der Waals surface area (Å²) < 4.78 is 63.1. The van der Waals surface area contributed by atoms with Gasteiger partial charge >= 0.3 is 29.6 Å². The molecule has 8 nitrogen and oxygen atoms in total. The maximum Gasteiger partial charge on any atom is 1.00 e. The zero-order valence-corrected chi connectivity index (χ0v) is 14.4. The molecular formula is C10H10N2NaO6S2+. The van der Waals surface area contributed by atoms with E-state index in [9.17, 15) is 21.4 Å². The summed E-state index contributed by atoms with van der Waals surface area (Å²) in [6, 6.07) is 5.96. The molecule has 0 atom stereocenters. The quantitative estimate of drug-likeness (QED) is 0.209. The molecule has 0 heterocycles. The molecule has 0 aliphatic rings. The smallest absolute Gasteiger partial charge is 0.324 e. The van der Waals surface area contributed by atoms with E-state index in [2.05, 4.69) is 5.43 Å². The first kappa shape index (κ1) is 18.3. The summed E-state index contributed by atoms with van der Waals surface area (Å²) >= 11 is 0. The van der Waals surface area contributed by atoms with Crippen LogP contribution in [-0.4, -0.2) is 25.9 Å². The van der Waals surface area contributed by atoms with Crippen LogP contribution in [0.1, 0.15) is 0 Å². The average Bonchev–Trinajstić information content (AvgIpc) is 2.34. The maximum atomic E-state index is 11.4. The van der Waals surface area contributed by atoms with Crippen LogP contribution in [0.4, 0.5) is 5.69 Å². The molecule has 21 heavy (non-hydrogen) atoms. The zero-order chi connectivity index (χ0) is 15.1. The molecule has 2 aromatic rings. The van der Waals surface area contributed by atoms with E-state index < -0.39 is 30.0 Å². The van der Waals surface area contributed by atoms with E-state index in [1.54, 1.807) is 0 Å². The van der Waals surface area contributed by atoms with Crippen LogP contribution in [-0.2, 0) is 20.2 Å². The predicted molar refractivity (Wildman–Crippen MR) is 71.4 cm³/mol. The van der Waals surface area contributed by atoms with Gasteiger partial charge in [0, 0.05) is 11.1 Å². The summed E-state index contributed by atoms with van der Waals surface area (Å²) in [5, 5.41) is 0.266. The largest absolute Gasteiger partial charge is 1.00 e. The summed E-state index contributed by atoms with van der Waals surface area (Å²) in [7, 11) is -9.29. The molecule has 0 amide bonds. The normalized spacial score (nSPS) is 12.0. The fourth-order valence-electron chi connectivity index (χ4n) is 1.75. The minimum Gasteiger partial charge on any atom is -0.324 e. The fourth-order valence-corrected chi connectivity index (χ4v) is 3.10. The fraction of sp³-hybridized carbons (Fsp3) is 0. The van der Waals surface area contributed by atoms with Crippen molar-refractivity contribution in [3.8, 4) is 0 Å². The number of nitrogen functional groups attached to an aromatic ring is 1. The van der Waals surface area contributed by atoms with Crippen LogP contribution in [0.25, 0.3) is 10.8 Å². The van der Waals surface area contributed by atoms with Crippen molar-refractivity contribution in [3.05, 3.63) is 30.3 Å². The molecule has 0 spiro atoms. The van der Waals surface area contributed by atoms with Crippen molar-refractivity contribution in [2.45, 2.75) is 9.79 Å². The van der Waals surface area contributed by atoms with Crippen LogP contribution in [0, 0.1) is 0 Å². The van der Waals surface area contributed by atoms with Gasteiger partial charge in [0.15, 0.2) is 0 Å². The Balaban J connectivity index is 0.00000220. The molecule has 11 heteroatoms. The van der Waals surface area contributed by atoms with Gasteiger partial charge in [-0.1, -0.05) is 6.07 Å². The molecule has 0 aliphatic heterocycles. The van der Waals surface area contributed by atoms with E-state index in [-0.39, 0.29) is 40.3 Å². The maximum absolute atomic E-state index is 11.4. The van der Waals surface area contributed by atoms with E-state index >= 15 is 0 Å². The third-order valence-electron chi connectivity index (χ3n) is 2.63. The predicted octanol–water partition coefficient (Wildman–Crippen LogP) is -2.38. The number of hydrogen-bond donors (Lipinski definition) is 4. The van der Waals surface area contributed by atoms with Crippen LogP contribution < -0.4 is 40.8 Å². The number of hydrazine groups is 1. The summed E-state index contributed by atoms with van der Waals surface area (Å²) in [4.78, 5) is -1.27. The first-order valence-corrected chi connectivity index (χ1v) is 8.00. The van der Waals surface area contributed by atoms with E-state index in [4.69, 9.17) is 10.4 Å². The standard InChI is InChI=1S/C10H10N2O6S2.Na/c11-12-7-2-1-6-3-8(19(13,14)15)5-10(9(6)4-7)20(16,17)18;/h1-5,12H,11H2,(H,13,14,15)(H,16,17,18);/q;+1. The van der Waals surface area contributed by atoms with E-state index in [1.165, 1.54) is 18.2 Å². The topological polar surface area (TPSA) is 147 Å². The van der Waals surface area contributed by atoms with Crippen LogP contribution >= 0.6 is 0 Å². The van der Waals surface area contributed by atoms with E-state index in [0.29, 0.717) is 11.8 Å². The second-order valence-electron chi connectivity index (χ2n) is 3.95. The first-order valence-electron chi connectivity index (χ1n) is 5.12. The third-order valence-corrected chi connectivity index (χ3v) is 4.36. The molecule has 0 fully saturated rings. The molecule has 108 valence electrons. The van der Waals surface area contributed by atoms with Crippen molar-refractivity contribution in [2.24, 2.45) is 5.84 Å². The van der Waals surface area contributed by atoms with Gasteiger partial charge in [-0.15, -0.1) is 0 Å². The minimum absolute atomic E-state index is 0. The molecule has 5 N–H and O–H groups in total. The number of fused-ring (bicyclic) bond motifs is 1. The second-order valence-corrected chi connectivity index (χ2v) is 6.76. The molecule has 0 radical (unpaired) electrons. The van der Waals surface area contributed by atoms with Crippen molar-refractivity contribution in [1.29, 1.82) is 0 Å². The number of nitrogens with one attached hydrogen (secondary N) is 1. The minimum atomic E-state index is -4.68. The van der Waals surface area contributed by atoms with Gasteiger partial charge in [0.1, 0.15) is 4.90 Å². The number of hydrogen-bond acceptors (Lipinski definition) is 6. The number of rotatable bonds is 3. The summed E-state index contributed by atoms with van der Waals surface area (Å²) in [5.41, 5.74) is 2.66. The molecule has 0 saturated carbocycles. The van der Waals surface area contributed by atoms with Crippen molar-refractivity contribution >= 4 is 36.7 Å².